The average molecular weight is 333 g/mol. The van der Waals surface area contributed by atoms with E-state index in [2.05, 4.69) is 15.2 Å². The van der Waals surface area contributed by atoms with Crippen LogP contribution in [0, 0.1) is 0 Å². The second kappa shape index (κ2) is 9.35. The number of hydrogen-bond donors (Lipinski definition) is 1. The second-order valence-electron chi connectivity index (χ2n) is 5.64. The van der Waals surface area contributed by atoms with E-state index < -0.39 is 0 Å². The molecular formula is C17H23N3O2S. The van der Waals surface area contributed by atoms with Gasteiger partial charge in [-0.05, 0) is 37.3 Å². The van der Waals surface area contributed by atoms with Gasteiger partial charge in [-0.25, -0.2) is 0 Å². The lowest BCUT2D eigenvalue weighted by atomic mass is 10.0. The van der Waals surface area contributed by atoms with E-state index in [0.717, 1.165) is 37.2 Å². The number of unbranched alkanes of at least 4 members (excludes halogenated alkanes) is 2. The van der Waals surface area contributed by atoms with Crippen molar-refractivity contribution in [3.63, 3.8) is 0 Å². The fraction of sp³-hybridized carbons (Fsp3) is 0.471. The molecule has 124 valence electrons. The number of rotatable bonds is 9. The minimum Gasteiger partial charge on any atom is -0.356 e. The molecule has 1 aliphatic rings. The number of hydrogen-bond acceptors (Lipinski definition) is 5. The molecule has 23 heavy (non-hydrogen) atoms. The molecule has 2 heterocycles. The molecular weight excluding hydrogens is 310 g/mol. The summed E-state index contributed by atoms with van der Waals surface area (Å²) in [5, 5.41) is 4.95. The van der Waals surface area contributed by atoms with Crippen molar-refractivity contribution >= 4 is 29.1 Å². The maximum absolute atomic E-state index is 12.6. The molecule has 1 aromatic rings. The van der Waals surface area contributed by atoms with Gasteiger partial charge < -0.3 is 15.0 Å². The van der Waals surface area contributed by atoms with Gasteiger partial charge in [0.1, 0.15) is 11.8 Å². The lowest BCUT2D eigenvalue weighted by molar-refractivity contribution is -0.120. The van der Waals surface area contributed by atoms with Crippen LogP contribution in [0.5, 0.6) is 0 Å². The van der Waals surface area contributed by atoms with Gasteiger partial charge in [-0.1, -0.05) is 12.8 Å². The first-order valence-electron chi connectivity index (χ1n) is 7.91. The molecule has 1 amide bonds. The Morgan fingerprint density at radius 1 is 1.39 bits per heavy atom. The SMILES string of the molecule is CC(=O)CCCCC[C@@H](C(=O)Nc1cccnc1)N1C=CSC1. The van der Waals surface area contributed by atoms with Crippen molar-refractivity contribution in [3.8, 4) is 0 Å². The largest absolute Gasteiger partial charge is 0.356 e. The van der Waals surface area contributed by atoms with Gasteiger partial charge in [0.25, 0.3) is 0 Å². The molecule has 0 aliphatic carbocycles. The third kappa shape index (κ3) is 6.06. The number of pyridine rings is 1. The van der Waals surface area contributed by atoms with E-state index in [0.29, 0.717) is 6.42 Å². The van der Waals surface area contributed by atoms with Crippen LogP contribution in [0.4, 0.5) is 5.69 Å². The van der Waals surface area contributed by atoms with Crippen LogP contribution < -0.4 is 5.32 Å². The van der Waals surface area contributed by atoms with Crippen molar-refractivity contribution in [2.24, 2.45) is 0 Å². The predicted octanol–water partition coefficient (Wildman–Crippen LogP) is 3.41. The lowest BCUT2D eigenvalue weighted by Gasteiger charge is -2.26. The van der Waals surface area contributed by atoms with Crippen LogP contribution in [0.25, 0.3) is 0 Å². The van der Waals surface area contributed by atoms with Gasteiger partial charge in [-0.2, -0.15) is 0 Å². The molecule has 0 radical (unpaired) electrons. The zero-order valence-corrected chi connectivity index (χ0v) is 14.2. The Morgan fingerprint density at radius 2 is 2.26 bits per heavy atom. The molecule has 1 aromatic heterocycles. The Labute approximate surface area is 141 Å². The molecule has 5 nitrogen and oxygen atoms in total. The number of Topliss-reactive ketones (excluding diaryl/α,β-unsaturated/α-hetero) is 1. The van der Waals surface area contributed by atoms with Crippen LogP contribution in [-0.4, -0.2) is 33.5 Å². The van der Waals surface area contributed by atoms with E-state index in [9.17, 15) is 9.59 Å². The van der Waals surface area contributed by atoms with Gasteiger partial charge in [0, 0.05) is 18.8 Å². The zero-order chi connectivity index (χ0) is 16.5. The van der Waals surface area contributed by atoms with Gasteiger partial charge in [0.15, 0.2) is 0 Å². The summed E-state index contributed by atoms with van der Waals surface area (Å²) in [6.07, 6.45) is 9.54. The Hall–Kier alpha value is -1.82. The summed E-state index contributed by atoms with van der Waals surface area (Å²) >= 11 is 1.69. The van der Waals surface area contributed by atoms with Gasteiger partial charge in [0.05, 0.1) is 17.8 Å². The van der Waals surface area contributed by atoms with Crippen LogP contribution >= 0.6 is 11.8 Å². The number of anilines is 1. The highest BCUT2D eigenvalue weighted by atomic mass is 32.2. The Balaban J connectivity index is 1.87. The average Bonchev–Trinajstić information content (AvgIpc) is 3.05. The topological polar surface area (TPSA) is 62.3 Å². The molecule has 0 saturated carbocycles. The highest BCUT2D eigenvalue weighted by molar-refractivity contribution is 8.02. The van der Waals surface area contributed by atoms with E-state index in [1.165, 1.54) is 0 Å². The third-order valence-electron chi connectivity index (χ3n) is 3.71. The third-order valence-corrected chi connectivity index (χ3v) is 4.47. The minimum absolute atomic E-state index is 0.00304. The van der Waals surface area contributed by atoms with Crippen molar-refractivity contribution in [3.05, 3.63) is 36.1 Å². The molecule has 0 spiro atoms. The molecule has 0 unspecified atom stereocenters. The Kier molecular flexibility index (Phi) is 7.13. The maximum atomic E-state index is 12.6. The fourth-order valence-electron chi connectivity index (χ4n) is 2.49. The number of aromatic nitrogens is 1. The van der Waals surface area contributed by atoms with Gasteiger partial charge in [-0.3, -0.25) is 9.78 Å². The standard InChI is InChI=1S/C17H23N3O2S/c1-14(21)6-3-2-4-8-16(20-10-11-23-13-20)17(22)19-15-7-5-9-18-12-15/h5,7,9-12,16H,2-4,6,8,13H2,1H3,(H,19,22)/t16-/m0/s1. The van der Waals surface area contributed by atoms with E-state index in [1.807, 2.05) is 17.7 Å². The number of carbonyl (C=O) groups is 2. The summed E-state index contributed by atoms with van der Waals surface area (Å²) in [6.45, 7) is 1.62. The van der Waals surface area contributed by atoms with Crippen molar-refractivity contribution in [2.75, 3.05) is 11.2 Å². The molecule has 0 bridgehead atoms. The summed E-state index contributed by atoms with van der Waals surface area (Å²) in [7, 11) is 0. The van der Waals surface area contributed by atoms with Gasteiger partial charge in [0.2, 0.25) is 5.91 Å². The molecule has 0 aromatic carbocycles. The molecule has 0 fully saturated rings. The van der Waals surface area contributed by atoms with Crippen molar-refractivity contribution in [1.29, 1.82) is 0 Å². The predicted molar refractivity (Wildman–Crippen MR) is 93.9 cm³/mol. The summed E-state index contributed by atoms with van der Waals surface area (Å²) in [5.41, 5.74) is 0.718. The van der Waals surface area contributed by atoms with Crippen LogP contribution in [0.1, 0.15) is 39.0 Å². The number of amides is 1. The van der Waals surface area contributed by atoms with E-state index in [4.69, 9.17) is 0 Å². The molecule has 6 heteroatoms. The Morgan fingerprint density at radius 3 is 2.91 bits per heavy atom. The first kappa shape index (κ1) is 17.5. The normalized spacial score (nSPS) is 14.7. The number of nitrogens with one attached hydrogen (secondary N) is 1. The minimum atomic E-state index is -0.182. The molecule has 1 atom stereocenters. The number of ketones is 1. The van der Waals surface area contributed by atoms with Crippen LogP contribution in [0.3, 0.4) is 0 Å². The lowest BCUT2D eigenvalue weighted by Crippen LogP contribution is -2.40. The van der Waals surface area contributed by atoms with Gasteiger partial charge in [-0.15, -0.1) is 11.8 Å². The monoisotopic (exact) mass is 333 g/mol. The maximum Gasteiger partial charge on any atom is 0.247 e. The summed E-state index contributed by atoms with van der Waals surface area (Å²) in [6, 6.07) is 3.46. The highest BCUT2D eigenvalue weighted by Gasteiger charge is 2.25. The van der Waals surface area contributed by atoms with Crippen molar-refractivity contribution in [2.45, 2.75) is 45.1 Å². The van der Waals surface area contributed by atoms with Crippen LogP contribution in [0.2, 0.25) is 0 Å². The van der Waals surface area contributed by atoms with Crippen LogP contribution in [0.15, 0.2) is 36.1 Å². The smallest absolute Gasteiger partial charge is 0.247 e. The van der Waals surface area contributed by atoms with Crippen molar-refractivity contribution < 1.29 is 9.59 Å². The number of carbonyl (C=O) groups excluding carboxylic acids is 2. The number of nitrogens with zero attached hydrogens (tertiary/aromatic N) is 2. The summed E-state index contributed by atoms with van der Waals surface area (Å²) < 4.78 is 0. The van der Waals surface area contributed by atoms with E-state index in [1.54, 1.807) is 37.1 Å². The highest BCUT2D eigenvalue weighted by Crippen LogP contribution is 2.22. The molecule has 1 N–H and O–H groups in total. The fourth-order valence-corrected chi connectivity index (χ4v) is 3.25. The van der Waals surface area contributed by atoms with Crippen molar-refractivity contribution in [1.82, 2.24) is 9.88 Å². The summed E-state index contributed by atoms with van der Waals surface area (Å²) in [4.78, 5) is 29.7. The molecule has 0 saturated heterocycles. The first-order chi connectivity index (χ1) is 11.2. The van der Waals surface area contributed by atoms with E-state index >= 15 is 0 Å². The van der Waals surface area contributed by atoms with Gasteiger partial charge >= 0.3 is 0 Å². The summed E-state index contributed by atoms with van der Waals surface area (Å²) in [5.74, 6) is 1.03. The zero-order valence-electron chi connectivity index (χ0n) is 13.4. The van der Waals surface area contributed by atoms with Crippen LogP contribution in [-0.2, 0) is 9.59 Å². The second-order valence-corrected chi connectivity index (χ2v) is 6.51. The Bertz CT molecular complexity index is 548. The van der Waals surface area contributed by atoms with E-state index in [-0.39, 0.29) is 17.7 Å². The molecule has 1 aliphatic heterocycles. The molecule has 2 rings (SSSR count). The number of thioether (sulfide) groups is 1. The quantitative estimate of drug-likeness (QED) is 0.702. The first-order valence-corrected chi connectivity index (χ1v) is 8.96.